The van der Waals surface area contributed by atoms with Crippen LogP contribution in [-0.2, 0) is 38.5 Å². The molecule has 1 heterocycles. The Hall–Kier alpha value is -2.29. The second-order valence-corrected chi connectivity index (χ2v) is 16.2. The molecule has 3 rings (SSSR count). The molecule has 0 unspecified atom stereocenters. The van der Waals surface area contributed by atoms with Crippen molar-refractivity contribution in [3.8, 4) is 11.5 Å². The lowest BCUT2D eigenvalue weighted by atomic mass is 9.80. The molecule has 0 aliphatic carbocycles. The number of aromatic carboxylic acids is 1. The third kappa shape index (κ3) is 14.2. The normalized spacial score (nSPS) is 12.2. The summed E-state index contributed by atoms with van der Waals surface area (Å²) in [5.74, 6) is 1.26. The number of benzene rings is 2. The van der Waals surface area contributed by atoms with Crippen molar-refractivity contribution in [1.82, 2.24) is 0 Å². The molecule has 0 spiro atoms. The van der Waals surface area contributed by atoms with Gasteiger partial charge in [-0.3, -0.25) is 0 Å². The maximum atomic E-state index is 13.4. The van der Waals surface area contributed by atoms with Crippen molar-refractivity contribution in [2.24, 2.45) is 0 Å². The van der Waals surface area contributed by atoms with Crippen LogP contribution in [-0.4, -0.2) is 11.1 Å². The first kappa shape index (κ1) is 44.1. The molecule has 2 aromatic carbocycles. The average Bonchev–Trinajstić information content (AvgIpc) is 3.14. The van der Waals surface area contributed by atoms with Gasteiger partial charge >= 0.3 is 5.97 Å². The molecule has 0 saturated heterocycles. The maximum Gasteiger partial charge on any atom is 0.336 e. The number of carboxylic acid groups (broad SMARTS) is 1. The van der Waals surface area contributed by atoms with Gasteiger partial charge in [-0.05, 0) is 97.6 Å². The molecule has 3 nitrogen and oxygen atoms in total. The van der Waals surface area contributed by atoms with Crippen LogP contribution in [0.1, 0.15) is 244 Å². The summed E-state index contributed by atoms with van der Waals surface area (Å²) in [6.07, 6.45) is 36.7. The Labute approximate surface area is 321 Å². The van der Waals surface area contributed by atoms with Gasteiger partial charge in [-0.15, -0.1) is 0 Å². The zero-order valence-corrected chi connectivity index (χ0v) is 34.8. The summed E-state index contributed by atoms with van der Waals surface area (Å²) in [6, 6.07) is 4.67. The Balaban J connectivity index is 2.13. The minimum atomic E-state index is -0.756. The van der Waals surface area contributed by atoms with Gasteiger partial charge < -0.3 is 9.84 Å². The van der Waals surface area contributed by atoms with Crippen LogP contribution in [0, 0.1) is 0 Å². The molecule has 0 fully saturated rings. The number of rotatable bonds is 31. The van der Waals surface area contributed by atoms with Crippen molar-refractivity contribution in [1.29, 1.82) is 0 Å². The van der Waals surface area contributed by atoms with Crippen LogP contribution in [0.25, 0.3) is 0 Å². The van der Waals surface area contributed by atoms with E-state index < -0.39 is 5.97 Å². The van der Waals surface area contributed by atoms with Gasteiger partial charge in [0, 0.05) is 12.0 Å². The number of unbranched alkanes of at least 4 members (excludes halogenated alkanes) is 20. The highest BCUT2D eigenvalue weighted by molar-refractivity contribution is 5.94. The van der Waals surface area contributed by atoms with E-state index in [2.05, 4.69) is 46.8 Å². The highest BCUT2D eigenvalue weighted by Crippen LogP contribution is 2.47. The zero-order valence-electron chi connectivity index (χ0n) is 34.8. The monoisotopic (exact) mass is 717 g/mol. The van der Waals surface area contributed by atoms with Crippen LogP contribution in [0.2, 0.25) is 0 Å². The van der Waals surface area contributed by atoms with Crippen LogP contribution in [0.15, 0.2) is 12.1 Å². The molecule has 1 aliphatic heterocycles. The zero-order chi connectivity index (χ0) is 37.4. The number of hydrogen-bond acceptors (Lipinski definition) is 2. The fourth-order valence-corrected chi connectivity index (χ4v) is 8.66. The van der Waals surface area contributed by atoms with E-state index in [1.165, 1.54) is 169 Å². The lowest BCUT2D eigenvalue weighted by Crippen LogP contribution is -2.19. The van der Waals surface area contributed by atoms with E-state index in [0.29, 0.717) is 12.0 Å². The SMILES string of the molecule is CCCCCCCc1ccc2c(c1CCCCCCC)Oc1c(CCCCCCC)c(CCCCCCC)c(CCCCCCC)c(C(=O)O)c1C2. The van der Waals surface area contributed by atoms with E-state index in [1.807, 2.05) is 0 Å². The number of carbonyl (C=O) groups is 1. The van der Waals surface area contributed by atoms with E-state index >= 15 is 0 Å². The summed E-state index contributed by atoms with van der Waals surface area (Å²) >= 11 is 0. The molecule has 294 valence electrons. The van der Waals surface area contributed by atoms with Gasteiger partial charge in [0.2, 0.25) is 0 Å². The molecule has 0 amide bonds. The van der Waals surface area contributed by atoms with Gasteiger partial charge in [-0.1, -0.05) is 175 Å². The van der Waals surface area contributed by atoms with Crippen LogP contribution in [0.3, 0.4) is 0 Å². The lowest BCUT2D eigenvalue weighted by molar-refractivity contribution is 0.0693. The standard InChI is InChI=1S/C49H80O3/c1-6-11-16-21-26-31-39-36-37-40-38-45-46(49(50)51)43(34-29-24-19-14-9-4)42(33-28-23-18-13-8-3)44(35-30-25-20-15-10-5)48(45)52-47(40)41(39)32-27-22-17-12-7-2/h36-37H,6-35,38H2,1-5H3,(H,50,51). The van der Waals surface area contributed by atoms with Crippen molar-refractivity contribution in [3.63, 3.8) is 0 Å². The van der Waals surface area contributed by atoms with Gasteiger partial charge in [-0.25, -0.2) is 4.79 Å². The average molecular weight is 717 g/mol. The predicted octanol–water partition coefficient (Wildman–Crippen LogP) is 15.6. The minimum Gasteiger partial charge on any atom is -0.478 e. The molecule has 0 atom stereocenters. The third-order valence-electron chi connectivity index (χ3n) is 11.8. The first-order valence-corrected chi connectivity index (χ1v) is 22.8. The summed E-state index contributed by atoms with van der Waals surface area (Å²) < 4.78 is 7.31. The Morgan fingerprint density at radius 1 is 0.481 bits per heavy atom. The molecule has 0 aromatic heterocycles. The van der Waals surface area contributed by atoms with Crippen molar-refractivity contribution >= 4 is 5.97 Å². The van der Waals surface area contributed by atoms with Crippen LogP contribution < -0.4 is 4.74 Å². The van der Waals surface area contributed by atoms with E-state index in [9.17, 15) is 9.90 Å². The molecule has 2 aromatic rings. The molecule has 0 saturated carbocycles. The molecule has 0 bridgehead atoms. The summed E-state index contributed by atoms with van der Waals surface area (Å²) in [6.45, 7) is 11.4. The minimum absolute atomic E-state index is 0.579. The fourth-order valence-electron chi connectivity index (χ4n) is 8.66. The summed E-state index contributed by atoms with van der Waals surface area (Å²) in [4.78, 5) is 13.4. The highest BCUT2D eigenvalue weighted by atomic mass is 16.5. The number of fused-ring (bicyclic) bond motifs is 2. The summed E-state index contributed by atoms with van der Waals surface area (Å²) in [5.41, 5.74) is 9.47. The van der Waals surface area contributed by atoms with E-state index in [0.717, 1.165) is 74.0 Å². The second-order valence-electron chi connectivity index (χ2n) is 16.2. The van der Waals surface area contributed by atoms with Gasteiger partial charge in [-0.2, -0.15) is 0 Å². The van der Waals surface area contributed by atoms with Crippen LogP contribution >= 0.6 is 0 Å². The molecule has 3 heteroatoms. The third-order valence-corrected chi connectivity index (χ3v) is 11.8. The molecular weight excluding hydrogens is 637 g/mol. The Morgan fingerprint density at radius 3 is 1.35 bits per heavy atom. The number of carboxylic acids is 1. The Kier molecular flexibility index (Phi) is 22.5. The summed E-state index contributed by atoms with van der Waals surface area (Å²) in [7, 11) is 0. The lowest BCUT2D eigenvalue weighted by Gasteiger charge is -2.31. The van der Waals surface area contributed by atoms with E-state index in [1.54, 1.807) is 0 Å². The van der Waals surface area contributed by atoms with Crippen molar-refractivity contribution in [3.05, 3.63) is 56.6 Å². The molecular formula is C49H80O3. The number of hydrogen-bond donors (Lipinski definition) is 1. The molecule has 52 heavy (non-hydrogen) atoms. The maximum absolute atomic E-state index is 13.4. The fraction of sp³-hybridized carbons (Fsp3) is 0.735. The van der Waals surface area contributed by atoms with E-state index in [-0.39, 0.29) is 0 Å². The topological polar surface area (TPSA) is 46.5 Å². The number of aryl methyl sites for hydroxylation is 1. The van der Waals surface area contributed by atoms with Crippen molar-refractivity contribution < 1.29 is 14.6 Å². The Morgan fingerprint density at radius 2 is 0.885 bits per heavy atom. The predicted molar refractivity (Wildman–Crippen MR) is 225 cm³/mol. The molecule has 1 aliphatic rings. The quantitative estimate of drug-likeness (QED) is 0.0674. The largest absolute Gasteiger partial charge is 0.478 e. The highest BCUT2D eigenvalue weighted by Gasteiger charge is 2.32. The first-order valence-electron chi connectivity index (χ1n) is 22.8. The first-order chi connectivity index (χ1) is 25.5. The summed E-state index contributed by atoms with van der Waals surface area (Å²) in [5, 5.41) is 11.0. The van der Waals surface area contributed by atoms with E-state index in [4.69, 9.17) is 4.74 Å². The molecule has 0 radical (unpaired) electrons. The van der Waals surface area contributed by atoms with Crippen LogP contribution in [0.5, 0.6) is 11.5 Å². The van der Waals surface area contributed by atoms with Crippen molar-refractivity contribution in [2.45, 2.75) is 234 Å². The van der Waals surface area contributed by atoms with Gasteiger partial charge in [0.25, 0.3) is 0 Å². The second kappa shape index (κ2) is 26.5. The van der Waals surface area contributed by atoms with Gasteiger partial charge in [0.15, 0.2) is 0 Å². The Bertz CT molecular complexity index is 1290. The van der Waals surface area contributed by atoms with Gasteiger partial charge in [0.1, 0.15) is 11.5 Å². The van der Waals surface area contributed by atoms with Crippen molar-refractivity contribution in [2.75, 3.05) is 0 Å². The van der Waals surface area contributed by atoms with Crippen LogP contribution in [0.4, 0.5) is 0 Å². The molecule has 1 N–H and O–H groups in total. The number of ether oxygens (including phenoxy) is 1. The van der Waals surface area contributed by atoms with Gasteiger partial charge in [0.05, 0.1) is 5.56 Å². The smallest absolute Gasteiger partial charge is 0.336 e.